The highest BCUT2D eigenvalue weighted by Crippen LogP contribution is 2.13. The summed E-state index contributed by atoms with van der Waals surface area (Å²) in [6.07, 6.45) is 4.10. The molecule has 1 aliphatic heterocycles. The molecule has 0 saturated carbocycles. The van der Waals surface area contributed by atoms with Gasteiger partial charge in [0.15, 0.2) is 0 Å². The summed E-state index contributed by atoms with van der Waals surface area (Å²) in [4.78, 5) is 4.99. The lowest BCUT2D eigenvalue weighted by Crippen LogP contribution is -2.45. The van der Waals surface area contributed by atoms with Crippen LogP contribution in [0, 0.1) is 5.92 Å². The van der Waals surface area contributed by atoms with Crippen LogP contribution in [0.3, 0.4) is 0 Å². The Morgan fingerprint density at radius 2 is 1.94 bits per heavy atom. The number of nitrogens with one attached hydrogen (secondary N) is 1. The largest absolute Gasteiger partial charge is 0.315 e. The van der Waals surface area contributed by atoms with Crippen molar-refractivity contribution in [2.75, 3.05) is 46.8 Å². The van der Waals surface area contributed by atoms with Crippen LogP contribution in [-0.4, -0.2) is 62.7 Å². The van der Waals surface area contributed by atoms with E-state index < -0.39 is 0 Å². The summed E-state index contributed by atoms with van der Waals surface area (Å²) in [6.45, 7) is 10.7. The summed E-state index contributed by atoms with van der Waals surface area (Å²) in [7, 11) is 4.33. The van der Waals surface area contributed by atoms with Crippen molar-refractivity contribution in [3.05, 3.63) is 0 Å². The lowest BCUT2D eigenvalue weighted by molar-refractivity contribution is 0.153. The maximum Gasteiger partial charge on any atom is 0.0221 e. The van der Waals surface area contributed by atoms with Gasteiger partial charge in [0.25, 0.3) is 0 Å². The normalized spacial score (nSPS) is 22.4. The van der Waals surface area contributed by atoms with Gasteiger partial charge in [-0.2, -0.15) is 0 Å². The minimum Gasteiger partial charge on any atom is -0.315 e. The van der Waals surface area contributed by atoms with Crippen LogP contribution in [0.15, 0.2) is 0 Å². The molecule has 1 fully saturated rings. The number of hydrogen-bond donors (Lipinski definition) is 1. The summed E-state index contributed by atoms with van der Waals surface area (Å²) in [5.74, 6) is 0.764. The van der Waals surface area contributed by atoms with E-state index in [2.05, 4.69) is 43.1 Å². The van der Waals surface area contributed by atoms with Crippen molar-refractivity contribution in [1.82, 2.24) is 15.1 Å². The van der Waals surface area contributed by atoms with E-state index in [0.717, 1.165) is 12.0 Å². The van der Waals surface area contributed by atoms with E-state index in [1.807, 2.05) is 0 Å². The van der Waals surface area contributed by atoms with Gasteiger partial charge in [0.1, 0.15) is 0 Å². The minimum absolute atomic E-state index is 0.750. The fourth-order valence-electron chi connectivity index (χ4n) is 2.53. The Morgan fingerprint density at radius 1 is 1.18 bits per heavy atom. The number of rotatable bonds is 6. The first-order chi connectivity index (χ1) is 8.09. The molecule has 1 heterocycles. The van der Waals surface area contributed by atoms with Crippen LogP contribution in [0.1, 0.15) is 33.1 Å². The average Bonchev–Trinajstić information content (AvgIpc) is 2.51. The second-order valence-corrected chi connectivity index (χ2v) is 6.05. The fraction of sp³-hybridized carbons (Fsp3) is 1.00. The van der Waals surface area contributed by atoms with Crippen molar-refractivity contribution in [2.24, 2.45) is 5.92 Å². The minimum atomic E-state index is 0.750. The molecule has 1 N–H and O–H groups in total. The van der Waals surface area contributed by atoms with E-state index in [1.165, 1.54) is 52.0 Å². The molecule has 0 aromatic carbocycles. The van der Waals surface area contributed by atoms with E-state index >= 15 is 0 Å². The average molecular weight is 241 g/mol. The van der Waals surface area contributed by atoms with E-state index in [-0.39, 0.29) is 0 Å². The Kier molecular flexibility index (Phi) is 7.09. The van der Waals surface area contributed by atoms with Crippen LogP contribution >= 0.6 is 0 Å². The van der Waals surface area contributed by atoms with Crippen molar-refractivity contribution in [2.45, 2.75) is 39.2 Å². The molecule has 3 heteroatoms. The Hall–Kier alpha value is -0.120. The highest BCUT2D eigenvalue weighted by Gasteiger charge is 2.20. The number of nitrogens with zero attached hydrogens (tertiary/aromatic N) is 2. The van der Waals surface area contributed by atoms with Crippen molar-refractivity contribution in [3.63, 3.8) is 0 Å². The SMILES string of the molecule is CC(C)CN(CCN(C)C)C1CCCCNC1. The van der Waals surface area contributed by atoms with Gasteiger partial charge in [-0.15, -0.1) is 0 Å². The zero-order chi connectivity index (χ0) is 12.7. The second kappa shape index (κ2) is 8.06. The van der Waals surface area contributed by atoms with E-state index in [1.54, 1.807) is 0 Å². The molecule has 1 unspecified atom stereocenters. The second-order valence-electron chi connectivity index (χ2n) is 6.05. The zero-order valence-electron chi connectivity index (χ0n) is 12.2. The van der Waals surface area contributed by atoms with Crippen LogP contribution in [0.25, 0.3) is 0 Å². The molecule has 0 bridgehead atoms. The van der Waals surface area contributed by atoms with Crippen LogP contribution in [-0.2, 0) is 0 Å². The Morgan fingerprint density at radius 3 is 2.59 bits per heavy atom. The molecule has 17 heavy (non-hydrogen) atoms. The van der Waals surface area contributed by atoms with Gasteiger partial charge in [0, 0.05) is 32.2 Å². The van der Waals surface area contributed by atoms with Crippen molar-refractivity contribution >= 4 is 0 Å². The third-order valence-electron chi connectivity index (χ3n) is 3.47. The monoisotopic (exact) mass is 241 g/mol. The van der Waals surface area contributed by atoms with E-state index in [0.29, 0.717) is 0 Å². The highest BCUT2D eigenvalue weighted by atomic mass is 15.2. The van der Waals surface area contributed by atoms with Gasteiger partial charge in [-0.3, -0.25) is 4.90 Å². The molecule has 1 rings (SSSR count). The molecule has 3 nitrogen and oxygen atoms in total. The summed E-state index contributed by atoms with van der Waals surface area (Å²) < 4.78 is 0. The summed E-state index contributed by atoms with van der Waals surface area (Å²) in [5, 5.41) is 3.58. The maximum atomic E-state index is 3.58. The molecular formula is C14H31N3. The Balaban J connectivity index is 2.46. The summed E-state index contributed by atoms with van der Waals surface area (Å²) in [5.41, 5.74) is 0. The molecule has 102 valence electrons. The van der Waals surface area contributed by atoms with Gasteiger partial charge >= 0.3 is 0 Å². The van der Waals surface area contributed by atoms with E-state index in [4.69, 9.17) is 0 Å². The molecule has 1 saturated heterocycles. The molecule has 0 radical (unpaired) electrons. The standard InChI is InChI=1S/C14H31N3/c1-13(2)12-17(10-9-16(3)4)14-7-5-6-8-15-11-14/h13-15H,5-12H2,1-4H3. The summed E-state index contributed by atoms with van der Waals surface area (Å²) in [6, 6.07) is 0.750. The molecular weight excluding hydrogens is 210 g/mol. The molecule has 0 amide bonds. The van der Waals surface area contributed by atoms with Crippen LogP contribution in [0.4, 0.5) is 0 Å². The predicted octanol–water partition coefficient (Wildman–Crippen LogP) is 1.65. The highest BCUT2D eigenvalue weighted by molar-refractivity contribution is 4.78. The molecule has 0 aliphatic carbocycles. The van der Waals surface area contributed by atoms with Gasteiger partial charge in [-0.25, -0.2) is 0 Å². The first-order valence-electron chi connectivity index (χ1n) is 7.19. The van der Waals surface area contributed by atoms with Crippen molar-refractivity contribution in [3.8, 4) is 0 Å². The number of hydrogen-bond acceptors (Lipinski definition) is 3. The smallest absolute Gasteiger partial charge is 0.0221 e. The lowest BCUT2D eigenvalue weighted by Gasteiger charge is -2.33. The van der Waals surface area contributed by atoms with Crippen molar-refractivity contribution < 1.29 is 0 Å². The molecule has 0 spiro atoms. The van der Waals surface area contributed by atoms with Crippen molar-refractivity contribution in [1.29, 1.82) is 0 Å². The van der Waals surface area contributed by atoms with E-state index in [9.17, 15) is 0 Å². The first kappa shape index (κ1) is 14.9. The Labute approximate surface area is 108 Å². The first-order valence-corrected chi connectivity index (χ1v) is 7.19. The molecule has 1 aliphatic rings. The quantitative estimate of drug-likeness (QED) is 0.763. The fourth-order valence-corrected chi connectivity index (χ4v) is 2.53. The van der Waals surface area contributed by atoms with Crippen LogP contribution in [0.5, 0.6) is 0 Å². The van der Waals surface area contributed by atoms with Crippen LogP contribution < -0.4 is 5.32 Å². The van der Waals surface area contributed by atoms with Gasteiger partial charge in [0.05, 0.1) is 0 Å². The third-order valence-corrected chi connectivity index (χ3v) is 3.47. The lowest BCUT2D eigenvalue weighted by atomic mass is 10.1. The molecule has 1 atom stereocenters. The zero-order valence-corrected chi connectivity index (χ0v) is 12.2. The van der Waals surface area contributed by atoms with Gasteiger partial charge in [-0.05, 0) is 39.4 Å². The van der Waals surface area contributed by atoms with Gasteiger partial charge in [0.2, 0.25) is 0 Å². The molecule has 0 aromatic heterocycles. The number of likely N-dealkylation sites (N-methyl/N-ethyl adjacent to an activating group) is 1. The third kappa shape index (κ3) is 6.39. The maximum absolute atomic E-state index is 3.58. The summed E-state index contributed by atoms with van der Waals surface area (Å²) >= 11 is 0. The molecule has 0 aromatic rings. The predicted molar refractivity (Wildman–Crippen MR) is 75.5 cm³/mol. The van der Waals surface area contributed by atoms with Gasteiger partial charge in [-0.1, -0.05) is 20.3 Å². The van der Waals surface area contributed by atoms with Gasteiger partial charge < -0.3 is 10.2 Å². The van der Waals surface area contributed by atoms with Crippen LogP contribution in [0.2, 0.25) is 0 Å². The topological polar surface area (TPSA) is 18.5 Å². The Bertz CT molecular complexity index is 184.